The molecule has 26 heavy (non-hydrogen) atoms. The fourth-order valence-corrected chi connectivity index (χ4v) is 4.92. The van der Waals surface area contributed by atoms with Crippen LogP contribution in [0.2, 0.25) is 5.02 Å². The van der Waals surface area contributed by atoms with E-state index < -0.39 is 10.0 Å². The van der Waals surface area contributed by atoms with E-state index in [1.54, 1.807) is 24.3 Å². The highest BCUT2D eigenvalue weighted by atomic mass is 35.5. The first-order valence-corrected chi connectivity index (χ1v) is 10.5. The number of benzene rings is 2. The Morgan fingerprint density at radius 3 is 2.50 bits per heavy atom. The van der Waals surface area contributed by atoms with Gasteiger partial charge in [0, 0.05) is 17.8 Å². The summed E-state index contributed by atoms with van der Waals surface area (Å²) in [5.41, 5.74) is 3.71. The maximum Gasteiger partial charge on any atom is 0.255 e. The van der Waals surface area contributed by atoms with Gasteiger partial charge in [0.25, 0.3) is 5.91 Å². The van der Waals surface area contributed by atoms with Gasteiger partial charge in [-0.1, -0.05) is 17.7 Å². The molecule has 138 valence electrons. The molecule has 1 saturated heterocycles. The van der Waals surface area contributed by atoms with Gasteiger partial charge in [0.2, 0.25) is 10.0 Å². The number of carbonyl (C=O) groups is 1. The van der Waals surface area contributed by atoms with Gasteiger partial charge < -0.3 is 5.32 Å². The number of rotatable bonds is 3. The fraction of sp³-hybridized carbons (Fsp3) is 0.316. The number of amides is 1. The number of sulfonamides is 1. The second-order valence-corrected chi connectivity index (χ2v) is 8.93. The fourth-order valence-electron chi connectivity index (χ4n) is 2.93. The lowest BCUT2D eigenvalue weighted by molar-refractivity contribution is 0.102. The second-order valence-electron chi connectivity index (χ2n) is 6.51. The molecule has 0 unspecified atom stereocenters. The number of hydrogen-bond donors (Lipinski definition) is 1. The number of nitrogens with one attached hydrogen (secondary N) is 1. The van der Waals surface area contributed by atoms with Gasteiger partial charge in [0.1, 0.15) is 0 Å². The van der Waals surface area contributed by atoms with Crippen LogP contribution in [0.3, 0.4) is 0 Å². The van der Waals surface area contributed by atoms with Crippen molar-refractivity contribution in [1.29, 1.82) is 0 Å². The first-order chi connectivity index (χ1) is 12.3. The quantitative estimate of drug-likeness (QED) is 0.853. The number of hydrogen-bond acceptors (Lipinski definition) is 3. The average Bonchev–Trinajstić information content (AvgIpc) is 2.58. The van der Waals surface area contributed by atoms with Crippen molar-refractivity contribution >= 4 is 38.9 Å². The second kappa shape index (κ2) is 7.29. The highest BCUT2D eigenvalue weighted by Crippen LogP contribution is 2.33. The lowest BCUT2D eigenvalue weighted by Crippen LogP contribution is -2.38. The molecule has 0 aliphatic carbocycles. The first-order valence-electron chi connectivity index (χ1n) is 8.46. The Kier molecular flexibility index (Phi) is 5.25. The third kappa shape index (κ3) is 3.86. The van der Waals surface area contributed by atoms with Gasteiger partial charge in [-0.25, -0.2) is 8.42 Å². The SMILES string of the molecule is Cc1ccc(C(=O)Nc2ccc(N3CCCCS3(=O)=O)c(Cl)c2)cc1C. The van der Waals surface area contributed by atoms with Gasteiger partial charge in [0.15, 0.2) is 0 Å². The van der Waals surface area contributed by atoms with Crippen LogP contribution >= 0.6 is 11.6 Å². The van der Waals surface area contributed by atoms with Crippen LogP contribution in [0.25, 0.3) is 0 Å². The van der Waals surface area contributed by atoms with Crippen molar-refractivity contribution in [2.45, 2.75) is 26.7 Å². The van der Waals surface area contributed by atoms with E-state index in [0.717, 1.165) is 17.5 Å². The highest BCUT2D eigenvalue weighted by Gasteiger charge is 2.27. The number of carbonyl (C=O) groups excluding carboxylic acids is 1. The number of aryl methyl sites for hydroxylation is 2. The van der Waals surface area contributed by atoms with Gasteiger partial charge in [-0.15, -0.1) is 0 Å². The molecule has 2 aromatic carbocycles. The van der Waals surface area contributed by atoms with Crippen LogP contribution in [-0.2, 0) is 10.0 Å². The van der Waals surface area contributed by atoms with Crippen molar-refractivity contribution in [1.82, 2.24) is 0 Å². The van der Waals surface area contributed by atoms with Gasteiger partial charge in [-0.3, -0.25) is 9.10 Å². The molecule has 0 atom stereocenters. The third-order valence-corrected chi connectivity index (χ3v) is 6.75. The minimum atomic E-state index is -3.33. The maximum atomic E-state index is 12.4. The zero-order chi connectivity index (χ0) is 18.9. The molecule has 1 N–H and O–H groups in total. The summed E-state index contributed by atoms with van der Waals surface area (Å²) in [4.78, 5) is 12.4. The smallest absolute Gasteiger partial charge is 0.255 e. The van der Waals surface area contributed by atoms with Crippen LogP contribution < -0.4 is 9.62 Å². The lowest BCUT2D eigenvalue weighted by atomic mass is 10.1. The first kappa shape index (κ1) is 18.7. The van der Waals surface area contributed by atoms with Crippen molar-refractivity contribution in [2.75, 3.05) is 21.9 Å². The standard InChI is InChI=1S/C19H21ClN2O3S/c1-13-5-6-15(11-14(13)2)19(23)21-16-7-8-18(17(20)12-16)22-9-3-4-10-26(22,24)25/h5-8,11-12H,3-4,9-10H2,1-2H3,(H,21,23). The van der Waals surface area contributed by atoms with E-state index in [1.165, 1.54) is 4.31 Å². The minimum Gasteiger partial charge on any atom is -0.322 e. The summed E-state index contributed by atoms with van der Waals surface area (Å²) in [6.45, 7) is 4.37. The number of anilines is 2. The molecule has 1 fully saturated rings. The predicted molar refractivity (Wildman–Crippen MR) is 106 cm³/mol. The third-order valence-electron chi connectivity index (χ3n) is 4.59. The summed E-state index contributed by atoms with van der Waals surface area (Å²) in [7, 11) is -3.33. The summed E-state index contributed by atoms with van der Waals surface area (Å²) in [6, 6.07) is 10.4. The van der Waals surface area contributed by atoms with Gasteiger partial charge >= 0.3 is 0 Å². The van der Waals surface area contributed by atoms with Crippen molar-refractivity contribution < 1.29 is 13.2 Å². The maximum absolute atomic E-state index is 12.4. The van der Waals surface area contributed by atoms with Gasteiger partial charge in [-0.05, 0) is 68.1 Å². The Morgan fingerprint density at radius 2 is 1.85 bits per heavy atom. The molecular formula is C19H21ClN2O3S. The van der Waals surface area contributed by atoms with E-state index in [-0.39, 0.29) is 11.7 Å². The average molecular weight is 393 g/mol. The summed E-state index contributed by atoms with van der Waals surface area (Å²) in [5, 5.41) is 3.10. The molecule has 1 aliphatic rings. The highest BCUT2D eigenvalue weighted by molar-refractivity contribution is 7.92. The Hall–Kier alpha value is -2.05. The molecule has 2 aromatic rings. The molecule has 1 amide bonds. The zero-order valence-corrected chi connectivity index (χ0v) is 16.3. The molecular weight excluding hydrogens is 372 g/mol. The molecule has 1 aliphatic heterocycles. The predicted octanol–water partition coefficient (Wildman–Crippen LogP) is 4.14. The summed E-state index contributed by atoms with van der Waals surface area (Å²) in [6.07, 6.45) is 1.47. The Morgan fingerprint density at radius 1 is 1.08 bits per heavy atom. The van der Waals surface area contributed by atoms with Crippen LogP contribution in [0.5, 0.6) is 0 Å². The molecule has 0 saturated carbocycles. The van der Waals surface area contributed by atoms with Crippen molar-refractivity contribution in [3.05, 3.63) is 58.1 Å². The largest absolute Gasteiger partial charge is 0.322 e. The normalized spacial score (nSPS) is 16.3. The molecule has 3 rings (SSSR count). The number of halogens is 1. The number of nitrogens with zero attached hydrogens (tertiary/aromatic N) is 1. The van der Waals surface area contributed by atoms with Crippen LogP contribution in [0.4, 0.5) is 11.4 Å². The van der Waals surface area contributed by atoms with Gasteiger partial charge in [-0.2, -0.15) is 0 Å². The van der Waals surface area contributed by atoms with Crippen LogP contribution in [0.15, 0.2) is 36.4 Å². The Balaban J connectivity index is 1.81. The van der Waals surface area contributed by atoms with Crippen molar-refractivity contribution in [2.24, 2.45) is 0 Å². The molecule has 7 heteroatoms. The molecule has 0 bridgehead atoms. The van der Waals surface area contributed by atoms with E-state index in [9.17, 15) is 13.2 Å². The van der Waals surface area contributed by atoms with E-state index in [4.69, 9.17) is 11.6 Å². The van der Waals surface area contributed by atoms with Crippen LogP contribution in [0, 0.1) is 13.8 Å². The van der Waals surface area contributed by atoms with Crippen molar-refractivity contribution in [3.63, 3.8) is 0 Å². The lowest BCUT2D eigenvalue weighted by Gasteiger charge is -2.29. The molecule has 1 heterocycles. The minimum absolute atomic E-state index is 0.134. The molecule has 5 nitrogen and oxygen atoms in total. The van der Waals surface area contributed by atoms with E-state index in [1.807, 2.05) is 26.0 Å². The summed E-state index contributed by atoms with van der Waals surface area (Å²) < 4.78 is 25.8. The monoisotopic (exact) mass is 392 g/mol. The molecule has 0 aromatic heterocycles. The zero-order valence-electron chi connectivity index (χ0n) is 14.8. The summed E-state index contributed by atoms with van der Waals surface area (Å²) >= 11 is 6.31. The van der Waals surface area contributed by atoms with Crippen molar-refractivity contribution in [3.8, 4) is 0 Å². The van der Waals surface area contributed by atoms with E-state index >= 15 is 0 Å². The molecule has 0 radical (unpaired) electrons. The van der Waals surface area contributed by atoms with Crippen LogP contribution in [0.1, 0.15) is 34.3 Å². The Bertz CT molecular complexity index is 957. The van der Waals surface area contributed by atoms with E-state index in [0.29, 0.717) is 34.9 Å². The summed E-state index contributed by atoms with van der Waals surface area (Å²) in [5.74, 6) is -0.100. The van der Waals surface area contributed by atoms with E-state index in [2.05, 4.69) is 5.32 Å². The Labute approximate surface area is 159 Å². The van der Waals surface area contributed by atoms with Gasteiger partial charge in [0.05, 0.1) is 16.5 Å². The molecule has 0 spiro atoms. The topological polar surface area (TPSA) is 66.5 Å². The van der Waals surface area contributed by atoms with Crippen LogP contribution in [-0.4, -0.2) is 26.6 Å².